The molecule has 0 fully saturated rings. The largest absolute Gasteiger partial charge is 0.474 e. The minimum absolute atomic E-state index is 0.173. The first-order valence-electron chi connectivity index (χ1n) is 8.64. The maximum atomic E-state index is 12.1. The Labute approximate surface area is 173 Å². The normalized spacial score (nSPS) is 11.2. The zero-order chi connectivity index (χ0) is 20.8. The second-order valence-corrected chi connectivity index (χ2v) is 9.36. The molecule has 0 aliphatic rings. The number of carbonyl (C=O) groups is 2. The molecule has 0 aliphatic heterocycles. The third-order valence-electron chi connectivity index (χ3n) is 2.83. The maximum absolute atomic E-state index is 12.1. The molecule has 11 heteroatoms. The summed E-state index contributed by atoms with van der Waals surface area (Å²) in [7, 11) is -0.497. The Balaban J connectivity index is 2.23. The number of rotatable bonds is 14. The molecule has 0 bridgehead atoms. The summed E-state index contributed by atoms with van der Waals surface area (Å²) in [4.78, 5) is 23.2. The van der Waals surface area contributed by atoms with Crippen LogP contribution in [0.25, 0.3) is 0 Å². The smallest absolute Gasteiger partial charge is 0.461 e. The van der Waals surface area contributed by atoms with Crippen molar-refractivity contribution in [1.29, 1.82) is 0 Å². The van der Waals surface area contributed by atoms with Gasteiger partial charge in [-0.05, 0) is 26.0 Å². The summed E-state index contributed by atoms with van der Waals surface area (Å²) in [5.74, 6) is 0.235. The van der Waals surface area contributed by atoms with Gasteiger partial charge in [0, 0.05) is 18.4 Å². The van der Waals surface area contributed by atoms with Crippen LogP contribution in [0, 0.1) is 0 Å². The Morgan fingerprint density at radius 3 is 2.18 bits per heavy atom. The van der Waals surface area contributed by atoms with Crippen molar-refractivity contribution in [2.45, 2.75) is 20.8 Å². The molecule has 0 amide bonds. The predicted octanol–water partition coefficient (Wildman–Crippen LogP) is 4.35. The van der Waals surface area contributed by atoms with Gasteiger partial charge in [-0.1, -0.05) is 33.7 Å². The van der Waals surface area contributed by atoms with Crippen molar-refractivity contribution in [2.75, 3.05) is 37.9 Å². The van der Waals surface area contributed by atoms with Crippen LogP contribution in [-0.4, -0.2) is 49.9 Å². The number of hydrogen-bond acceptors (Lipinski definition) is 10. The number of phosphoric ester groups is 1. The van der Waals surface area contributed by atoms with Gasteiger partial charge < -0.3 is 9.47 Å². The predicted molar refractivity (Wildman–Crippen MR) is 110 cm³/mol. The van der Waals surface area contributed by atoms with Gasteiger partial charge in [0.25, 0.3) is 0 Å². The first-order valence-corrected chi connectivity index (χ1v) is 12.6. The van der Waals surface area contributed by atoms with E-state index in [4.69, 9.17) is 23.0 Å². The van der Waals surface area contributed by atoms with Crippen LogP contribution < -0.4 is 4.74 Å². The second kappa shape index (κ2) is 14.0. The van der Waals surface area contributed by atoms with Crippen LogP contribution in [-0.2, 0) is 27.7 Å². The fourth-order valence-corrected chi connectivity index (χ4v) is 4.80. The zero-order valence-corrected chi connectivity index (χ0v) is 18.6. The molecule has 0 unspecified atom stereocenters. The van der Waals surface area contributed by atoms with Crippen molar-refractivity contribution in [3.63, 3.8) is 0 Å². The Hall–Kier alpha value is -1.03. The molecular weight excluding hydrogens is 427 g/mol. The van der Waals surface area contributed by atoms with E-state index in [-0.39, 0.29) is 37.7 Å². The summed E-state index contributed by atoms with van der Waals surface area (Å²) in [5.41, 5.74) is 0.200. The molecule has 1 aromatic carbocycles. The molecule has 158 valence electrons. The number of para-hydroxylation sites is 1. The van der Waals surface area contributed by atoms with Gasteiger partial charge in [-0.25, -0.2) is 9.36 Å². The molecule has 0 saturated carbocycles. The summed E-state index contributed by atoms with van der Waals surface area (Å²) in [6.45, 7) is 5.58. The van der Waals surface area contributed by atoms with Crippen LogP contribution in [0.3, 0.4) is 0 Å². The summed E-state index contributed by atoms with van der Waals surface area (Å²) in [6.07, 6.45) is 0. The highest BCUT2D eigenvalue weighted by Crippen LogP contribution is 2.49. The van der Waals surface area contributed by atoms with Gasteiger partial charge in [-0.2, -0.15) is 0 Å². The number of ether oxygens (including phenoxy) is 2. The summed E-state index contributed by atoms with van der Waals surface area (Å²) >= 11 is 0. The minimum atomic E-state index is -3.47. The molecule has 8 nitrogen and oxygen atoms in total. The fraction of sp³-hybridized carbons (Fsp3) is 0.529. The van der Waals surface area contributed by atoms with E-state index in [1.165, 1.54) is 40.6 Å². The van der Waals surface area contributed by atoms with E-state index in [0.29, 0.717) is 11.5 Å². The Bertz CT molecular complexity index is 660. The molecule has 28 heavy (non-hydrogen) atoms. The molecule has 0 radical (unpaired) electrons. The highest BCUT2D eigenvalue weighted by atomic mass is 33.1. The lowest BCUT2D eigenvalue weighted by Gasteiger charge is -2.15. The van der Waals surface area contributed by atoms with Crippen LogP contribution in [0.2, 0.25) is 0 Å². The third kappa shape index (κ3) is 9.95. The van der Waals surface area contributed by atoms with Crippen LogP contribution in [0.1, 0.15) is 31.1 Å². The lowest BCUT2D eigenvalue weighted by atomic mass is 10.2. The van der Waals surface area contributed by atoms with Gasteiger partial charge in [0.2, 0.25) is 0 Å². The third-order valence-corrected chi connectivity index (χ3v) is 6.82. The van der Waals surface area contributed by atoms with E-state index in [0.717, 1.165) is 0 Å². The molecule has 1 rings (SSSR count). The molecular formula is C17H25O8PS2. The SMILES string of the molecule is CCOP(=O)(OCC)OCCSSCCOC(=O)c1ccccc1OC(C)=O. The van der Waals surface area contributed by atoms with Gasteiger partial charge in [0.15, 0.2) is 0 Å². The van der Waals surface area contributed by atoms with E-state index in [1.54, 1.807) is 26.0 Å². The standard InChI is InChI=1S/C17H25O8PS2/c1-4-22-26(20,23-5-2)24-11-13-28-27-12-10-21-17(19)15-8-6-7-9-16(15)25-14(3)18/h6-9H,4-5,10-13H2,1-3H3. The van der Waals surface area contributed by atoms with Crippen molar-refractivity contribution in [3.8, 4) is 5.75 Å². The van der Waals surface area contributed by atoms with Crippen molar-refractivity contribution >= 4 is 41.3 Å². The molecule has 0 heterocycles. The average molecular weight is 452 g/mol. The fourth-order valence-electron chi connectivity index (χ4n) is 1.85. The van der Waals surface area contributed by atoms with Crippen molar-refractivity contribution < 1.29 is 37.2 Å². The number of hydrogen-bond donors (Lipinski definition) is 0. The zero-order valence-electron chi connectivity index (χ0n) is 16.1. The lowest BCUT2D eigenvalue weighted by Crippen LogP contribution is -2.11. The number of phosphoric acid groups is 1. The van der Waals surface area contributed by atoms with Gasteiger partial charge in [-0.3, -0.25) is 18.4 Å². The Morgan fingerprint density at radius 1 is 0.964 bits per heavy atom. The lowest BCUT2D eigenvalue weighted by molar-refractivity contribution is -0.131. The molecule has 0 aromatic heterocycles. The van der Waals surface area contributed by atoms with E-state index < -0.39 is 19.8 Å². The number of carbonyl (C=O) groups excluding carboxylic acids is 2. The van der Waals surface area contributed by atoms with Crippen LogP contribution in [0.4, 0.5) is 0 Å². The quantitative estimate of drug-likeness (QED) is 0.133. The van der Waals surface area contributed by atoms with Crippen molar-refractivity contribution in [1.82, 2.24) is 0 Å². The molecule has 0 N–H and O–H groups in total. The Kier molecular flexibility index (Phi) is 12.5. The maximum Gasteiger partial charge on any atom is 0.474 e. The first kappa shape index (κ1) is 25.0. The molecule has 0 spiro atoms. The summed E-state index contributed by atoms with van der Waals surface area (Å²) in [6, 6.07) is 6.40. The van der Waals surface area contributed by atoms with Crippen LogP contribution >= 0.6 is 29.4 Å². The molecule has 0 saturated heterocycles. The van der Waals surface area contributed by atoms with E-state index >= 15 is 0 Å². The number of esters is 2. The van der Waals surface area contributed by atoms with Gasteiger partial charge >= 0.3 is 19.8 Å². The Morgan fingerprint density at radius 2 is 1.57 bits per heavy atom. The highest BCUT2D eigenvalue weighted by Gasteiger charge is 2.24. The van der Waals surface area contributed by atoms with E-state index in [2.05, 4.69) is 0 Å². The summed E-state index contributed by atoms with van der Waals surface area (Å²) < 4.78 is 37.5. The minimum Gasteiger partial charge on any atom is -0.461 e. The topological polar surface area (TPSA) is 97.4 Å². The van der Waals surface area contributed by atoms with E-state index in [9.17, 15) is 14.2 Å². The second-order valence-electron chi connectivity index (χ2n) is 4.99. The van der Waals surface area contributed by atoms with Crippen LogP contribution in [0.5, 0.6) is 5.75 Å². The molecule has 1 aromatic rings. The van der Waals surface area contributed by atoms with Gasteiger partial charge in [-0.15, -0.1) is 0 Å². The van der Waals surface area contributed by atoms with Gasteiger partial charge in [0.1, 0.15) is 17.9 Å². The first-order chi connectivity index (χ1) is 13.4. The molecule has 0 aliphatic carbocycles. The average Bonchev–Trinajstić information content (AvgIpc) is 2.64. The monoisotopic (exact) mass is 452 g/mol. The van der Waals surface area contributed by atoms with Crippen LogP contribution in [0.15, 0.2) is 24.3 Å². The van der Waals surface area contributed by atoms with E-state index in [1.807, 2.05) is 0 Å². The van der Waals surface area contributed by atoms with Crippen molar-refractivity contribution in [3.05, 3.63) is 29.8 Å². The number of benzene rings is 1. The van der Waals surface area contributed by atoms with Crippen molar-refractivity contribution in [2.24, 2.45) is 0 Å². The van der Waals surface area contributed by atoms with Gasteiger partial charge in [0.05, 0.1) is 19.8 Å². The highest BCUT2D eigenvalue weighted by molar-refractivity contribution is 8.76. The summed E-state index contributed by atoms with van der Waals surface area (Å²) in [5, 5.41) is 0. The molecule has 0 atom stereocenters.